The molecule has 1 saturated carbocycles. The molecule has 1 aliphatic heterocycles. The standard InChI is InChI=1S/C16H30N2O/c1-3-9-16(10-6-11-17-12-16)15(19)18-14-8-5-4-7-13(14)2/h13-14,17H,3-12H2,1-2H3,(H,18,19). The Morgan fingerprint density at radius 1 is 1.32 bits per heavy atom. The lowest BCUT2D eigenvalue weighted by molar-refractivity contribution is -0.134. The van der Waals surface area contributed by atoms with Crippen molar-refractivity contribution in [2.75, 3.05) is 13.1 Å². The Bertz CT molecular complexity index is 292. The molecule has 1 heterocycles. The quantitative estimate of drug-likeness (QED) is 0.821. The van der Waals surface area contributed by atoms with E-state index in [0.29, 0.717) is 17.9 Å². The Morgan fingerprint density at radius 3 is 2.74 bits per heavy atom. The summed E-state index contributed by atoms with van der Waals surface area (Å²) in [5.41, 5.74) is -0.135. The number of amides is 1. The van der Waals surface area contributed by atoms with E-state index in [0.717, 1.165) is 38.8 Å². The second kappa shape index (κ2) is 6.74. The van der Waals surface area contributed by atoms with Gasteiger partial charge >= 0.3 is 0 Å². The van der Waals surface area contributed by atoms with Crippen molar-refractivity contribution in [2.24, 2.45) is 11.3 Å². The minimum Gasteiger partial charge on any atom is -0.353 e. The number of hydrogen-bond donors (Lipinski definition) is 2. The van der Waals surface area contributed by atoms with Crippen LogP contribution in [0.2, 0.25) is 0 Å². The smallest absolute Gasteiger partial charge is 0.227 e. The Kier molecular flexibility index (Phi) is 5.26. The lowest BCUT2D eigenvalue weighted by Crippen LogP contribution is -2.54. The molecular weight excluding hydrogens is 236 g/mol. The number of piperidine rings is 1. The van der Waals surface area contributed by atoms with Crippen molar-refractivity contribution in [2.45, 2.75) is 71.3 Å². The van der Waals surface area contributed by atoms with Crippen LogP contribution in [0.3, 0.4) is 0 Å². The maximum absolute atomic E-state index is 12.8. The number of rotatable bonds is 4. The first-order valence-electron chi connectivity index (χ1n) is 8.19. The first-order valence-corrected chi connectivity index (χ1v) is 8.19. The van der Waals surface area contributed by atoms with Gasteiger partial charge in [-0.05, 0) is 44.6 Å². The highest BCUT2D eigenvalue weighted by atomic mass is 16.2. The van der Waals surface area contributed by atoms with Crippen LogP contribution in [0.15, 0.2) is 0 Å². The summed E-state index contributed by atoms with van der Waals surface area (Å²) in [6.07, 6.45) is 9.34. The normalized spacial score (nSPS) is 35.9. The largest absolute Gasteiger partial charge is 0.353 e. The van der Waals surface area contributed by atoms with E-state index in [9.17, 15) is 4.79 Å². The third-order valence-corrected chi connectivity index (χ3v) is 5.11. The fraction of sp³-hybridized carbons (Fsp3) is 0.938. The molecule has 0 radical (unpaired) electrons. The molecule has 19 heavy (non-hydrogen) atoms. The summed E-state index contributed by atoms with van der Waals surface area (Å²) >= 11 is 0. The molecule has 1 saturated heterocycles. The molecule has 3 atom stereocenters. The Balaban J connectivity index is 1.98. The molecule has 1 aliphatic carbocycles. The highest BCUT2D eigenvalue weighted by Crippen LogP contribution is 2.33. The van der Waals surface area contributed by atoms with Crippen molar-refractivity contribution >= 4 is 5.91 Å². The van der Waals surface area contributed by atoms with Gasteiger partial charge in [-0.2, -0.15) is 0 Å². The molecule has 3 unspecified atom stereocenters. The molecule has 2 N–H and O–H groups in total. The summed E-state index contributed by atoms with van der Waals surface area (Å²) < 4.78 is 0. The summed E-state index contributed by atoms with van der Waals surface area (Å²) in [7, 11) is 0. The zero-order chi connectivity index (χ0) is 13.7. The van der Waals surface area contributed by atoms with Crippen molar-refractivity contribution in [1.29, 1.82) is 0 Å². The van der Waals surface area contributed by atoms with Gasteiger partial charge in [0.15, 0.2) is 0 Å². The van der Waals surface area contributed by atoms with Crippen molar-refractivity contribution < 1.29 is 4.79 Å². The van der Waals surface area contributed by atoms with Crippen LogP contribution >= 0.6 is 0 Å². The van der Waals surface area contributed by atoms with Gasteiger partial charge in [-0.1, -0.05) is 33.1 Å². The SMILES string of the molecule is CCCC1(C(=O)NC2CCCCC2C)CCCNC1. The highest BCUT2D eigenvalue weighted by Gasteiger charge is 2.40. The maximum Gasteiger partial charge on any atom is 0.227 e. The molecule has 0 spiro atoms. The van der Waals surface area contributed by atoms with E-state index in [4.69, 9.17) is 0 Å². The third kappa shape index (κ3) is 3.50. The van der Waals surface area contributed by atoms with Crippen LogP contribution in [0.4, 0.5) is 0 Å². The van der Waals surface area contributed by atoms with Crippen molar-refractivity contribution in [3.05, 3.63) is 0 Å². The molecule has 110 valence electrons. The second-order valence-corrected chi connectivity index (χ2v) is 6.65. The fourth-order valence-electron chi connectivity index (χ4n) is 3.82. The summed E-state index contributed by atoms with van der Waals surface area (Å²) in [5.74, 6) is 0.966. The maximum atomic E-state index is 12.8. The molecule has 0 aromatic carbocycles. The highest BCUT2D eigenvalue weighted by molar-refractivity contribution is 5.83. The van der Waals surface area contributed by atoms with Gasteiger partial charge in [-0.25, -0.2) is 0 Å². The molecule has 0 aromatic heterocycles. The Labute approximate surface area is 117 Å². The van der Waals surface area contributed by atoms with E-state index in [-0.39, 0.29) is 5.41 Å². The first-order chi connectivity index (χ1) is 9.18. The van der Waals surface area contributed by atoms with E-state index in [1.54, 1.807) is 0 Å². The van der Waals surface area contributed by atoms with Crippen LogP contribution in [0.1, 0.15) is 65.2 Å². The topological polar surface area (TPSA) is 41.1 Å². The summed E-state index contributed by atoms with van der Waals surface area (Å²) in [4.78, 5) is 12.8. The third-order valence-electron chi connectivity index (χ3n) is 5.11. The summed E-state index contributed by atoms with van der Waals surface area (Å²) in [6.45, 7) is 6.41. The zero-order valence-corrected chi connectivity index (χ0v) is 12.6. The van der Waals surface area contributed by atoms with E-state index < -0.39 is 0 Å². The van der Waals surface area contributed by atoms with E-state index in [1.165, 1.54) is 25.7 Å². The van der Waals surface area contributed by atoms with Crippen LogP contribution in [-0.2, 0) is 4.79 Å². The lowest BCUT2D eigenvalue weighted by atomic mass is 9.75. The van der Waals surface area contributed by atoms with Crippen LogP contribution in [0.25, 0.3) is 0 Å². The minimum atomic E-state index is -0.135. The zero-order valence-electron chi connectivity index (χ0n) is 12.6. The molecule has 2 aliphatic rings. The second-order valence-electron chi connectivity index (χ2n) is 6.65. The van der Waals surface area contributed by atoms with Crippen LogP contribution in [-0.4, -0.2) is 25.0 Å². The number of nitrogens with one attached hydrogen (secondary N) is 2. The monoisotopic (exact) mass is 266 g/mol. The van der Waals surface area contributed by atoms with E-state index in [1.807, 2.05) is 0 Å². The molecule has 2 fully saturated rings. The van der Waals surface area contributed by atoms with Crippen molar-refractivity contribution in [3.8, 4) is 0 Å². The molecule has 3 heteroatoms. The Morgan fingerprint density at radius 2 is 2.11 bits per heavy atom. The average Bonchev–Trinajstić information content (AvgIpc) is 2.42. The van der Waals surface area contributed by atoms with E-state index >= 15 is 0 Å². The van der Waals surface area contributed by atoms with E-state index in [2.05, 4.69) is 24.5 Å². The average molecular weight is 266 g/mol. The lowest BCUT2D eigenvalue weighted by Gasteiger charge is -2.39. The van der Waals surface area contributed by atoms with Gasteiger partial charge in [0.2, 0.25) is 5.91 Å². The predicted molar refractivity (Wildman–Crippen MR) is 79.0 cm³/mol. The van der Waals surface area contributed by atoms with Gasteiger partial charge in [0.25, 0.3) is 0 Å². The van der Waals surface area contributed by atoms with Crippen molar-refractivity contribution in [3.63, 3.8) is 0 Å². The van der Waals surface area contributed by atoms with Crippen LogP contribution in [0.5, 0.6) is 0 Å². The summed E-state index contributed by atoms with van der Waals surface area (Å²) in [6, 6.07) is 0.414. The fourth-order valence-corrected chi connectivity index (χ4v) is 3.82. The van der Waals surface area contributed by atoms with Gasteiger partial charge in [0, 0.05) is 12.6 Å². The number of carbonyl (C=O) groups excluding carboxylic acids is 1. The first kappa shape index (κ1) is 14.8. The molecule has 0 bridgehead atoms. The van der Waals surface area contributed by atoms with Gasteiger partial charge < -0.3 is 10.6 Å². The molecule has 2 rings (SSSR count). The van der Waals surface area contributed by atoms with Gasteiger partial charge in [0.05, 0.1) is 5.41 Å². The molecular formula is C16H30N2O. The minimum absolute atomic E-state index is 0.135. The molecule has 0 aromatic rings. The molecule has 3 nitrogen and oxygen atoms in total. The predicted octanol–water partition coefficient (Wildman–Crippen LogP) is 2.85. The van der Waals surface area contributed by atoms with Gasteiger partial charge in [-0.3, -0.25) is 4.79 Å². The Hall–Kier alpha value is -0.570. The number of hydrogen-bond acceptors (Lipinski definition) is 2. The van der Waals surface area contributed by atoms with Gasteiger partial charge in [0.1, 0.15) is 0 Å². The van der Waals surface area contributed by atoms with Gasteiger partial charge in [-0.15, -0.1) is 0 Å². The number of carbonyl (C=O) groups is 1. The summed E-state index contributed by atoms with van der Waals surface area (Å²) in [5, 5.41) is 6.81. The van der Waals surface area contributed by atoms with Crippen LogP contribution in [0, 0.1) is 11.3 Å². The van der Waals surface area contributed by atoms with Crippen LogP contribution < -0.4 is 10.6 Å². The van der Waals surface area contributed by atoms with Crippen molar-refractivity contribution in [1.82, 2.24) is 10.6 Å². The molecule has 1 amide bonds.